The van der Waals surface area contributed by atoms with Gasteiger partial charge in [-0.2, -0.15) is 0 Å². The third-order valence-electron chi connectivity index (χ3n) is 1.43. The minimum Gasteiger partial charge on any atom is -0.490 e. The molecule has 1 aromatic rings. The summed E-state index contributed by atoms with van der Waals surface area (Å²) in [7, 11) is 1.46. The molecule has 0 unspecified atom stereocenters. The molecule has 0 aliphatic rings. The van der Waals surface area contributed by atoms with Crippen LogP contribution in [0, 0.1) is 0 Å². The maximum atomic E-state index is 11.0. The van der Waals surface area contributed by atoms with Gasteiger partial charge in [-0.25, -0.2) is 0 Å². The van der Waals surface area contributed by atoms with Crippen molar-refractivity contribution in [3.05, 3.63) is 28.3 Å². The molecule has 60 valence electrons. The van der Waals surface area contributed by atoms with Crippen LogP contribution in [0.2, 0.25) is 0 Å². The van der Waals surface area contributed by atoms with Gasteiger partial charge in [0.1, 0.15) is 5.76 Å². The van der Waals surface area contributed by atoms with Crippen molar-refractivity contribution in [1.29, 1.82) is 0 Å². The third-order valence-corrected chi connectivity index (χ3v) is 1.43. The second-order valence-corrected chi connectivity index (χ2v) is 2.09. The van der Waals surface area contributed by atoms with Crippen LogP contribution in [0.25, 0.3) is 0 Å². The number of hydrogen-bond donors (Lipinski definition) is 0. The topological polar surface area (TPSA) is 39.4 Å². The molecule has 0 spiro atoms. The number of ether oxygens (including phenoxy) is 1. The second kappa shape index (κ2) is 3.23. The summed E-state index contributed by atoms with van der Waals surface area (Å²) >= 11 is 0. The summed E-state index contributed by atoms with van der Waals surface area (Å²) in [6.07, 6.45) is 2.04. The monoisotopic (exact) mass is 154 g/mol. The first kappa shape index (κ1) is 7.85. The number of rotatable bonds is 2. The van der Waals surface area contributed by atoms with E-state index in [9.17, 15) is 4.79 Å². The van der Waals surface area contributed by atoms with Gasteiger partial charge in [0.2, 0.25) is 11.2 Å². The molecule has 3 nitrogen and oxygen atoms in total. The third kappa shape index (κ3) is 1.42. The van der Waals surface area contributed by atoms with Gasteiger partial charge in [-0.3, -0.25) is 4.79 Å². The lowest BCUT2D eigenvalue weighted by Gasteiger charge is -2.01. The minimum atomic E-state index is -0.129. The van der Waals surface area contributed by atoms with E-state index in [4.69, 9.17) is 9.15 Å². The standard InChI is InChI=1S/C8H10O3/c1-3-7-8(10-2)6(9)4-5-11-7/h4-5H,3H2,1-2H3. The van der Waals surface area contributed by atoms with Gasteiger partial charge in [0.15, 0.2) is 0 Å². The maximum Gasteiger partial charge on any atom is 0.226 e. The van der Waals surface area contributed by atoms with Gasteiger partial charge >= 0.3 is 0 Å². The molecule has 1 aromatic heterocycles. The fourth-order valence-electron chi connectivity index (χ4n) is 0.903. The van der Waals surface area contributed by atoms with Crippen molar-refractivity contribution in [1.82, 2.24) is 0 Å². The average Bonchev–Trinajstić information content (AvgIpc) is 2.04. The van der Waals surface area contributed by atoms with Crippen LogP contribution in [-0.4, -0.2) is 7.11 Å². The number of aryl methyl sites for hydroxylation is 1. The summed E-state index contributed by atoms with van der Waals surface area (Å²) in [5.41, 5.74) is -0.129. The Morgan fingerprint density at radius 1 is 1.64 bits per heavy atom. The summed E-state index contributed by atoms with van der Waals surface area (Å²) in [5, 5.41) is 0. The Bertz CT molecular complexity index is 288. The first-order valence-corrected chi connectivity index (χ1v) is 3.44. The maximum absolute atomic E-state index is 11.0. The van der Waals surface area contributed by atoms with Gasteiger partial charge in [0, 0.05) is 12.5 Å². The molecular formula is C8H10O3. The lowest BCUT2D eigenvalue weighted by Crippen LogP contribution is -2.05. The Hall–Kier alpha value is -1.25. The van der Waals surface area contributed by atoms with Crippen molar-refractivity contribution >= 4 is 0 Å². The highest BCUT2D eigenvalue weighted by Crippen LogP contribution is 2.11. The number of methoxy groups -OCH3 is 1. The van der Waals surface area contributed by atoms with Crippen molar-refractivity contribution in [2.24, 2.45) is 0 Å². The summed E-state index contributed by atoms with van der Waals surface area (Å²) < 4.78 is 9.91. The molecule has 0 saturated heterocycles. The van der Waals surface area contributed by atoms with E-state index in [1.165, 1.54) is 19.4 Å². The van der Waals surface area contributed by atoms with Gasteiger partial charge < -0.3 is 9.15 Å². The zero-order chi connectivity index (χ0) is 8.27. The molecule has 0 bridgehead atoms. The van der Waals surface area contributed by atoms with E-state index in [0.29, 0.717) is 17.9 Å². The van der Waals surface area contributed by atoms with E-state index in [1.54, 1.807) is 0 Å². The summed E-state index contributed by atoms with van der Waals surface area (Å²) in [6.45, 7) is 1.90. The van der Waals surface area contributed by atoms with Crippen molar-refractivity contribution < 1.29 is 9.15 Å². The van der Waals surface area contributed by atoms with Crippen molar-refractivity contribution in [3.63, 3.8) is 0 Å². The molecule has 1 heterocycles. The van der Waals surface area contributed by atoms with Crippen molar-refractivity contribution in [2.45, 2.75) is 13.3 Å². The molecule has 3 heteroatoms. The molecule has 1 rings (SSSR count). The minimum absolute atomic E-state index is 0.129. The zero-order valence-corrected chi connectivity index (χ0v) is 6.59. The Labute approximate surface area is 64.6 Å². The van der Waals surface area contributed by atoms with E-state index in [-0.39, 0.29) is 5.43 Å². The summed E-state index contributed by atoms with van der Waals surface area (Å²) in [4.78, 5) is 11.0. The molecule has 0 fully saturated rings. The lowest BCUT2D eigenvalue weighted by molar-refractivity contribution is 0.369. The smallest absolute Gasteiger partial charge is 0.226 e. The molecule has 0 aliphatic heterocycles. The van der Waals surface area contributed by atoms with Gasteiger partial charge in [0.25, 0.3) is 0 Å². The fraction of sp³-hybridized carbons (Fsp3) is 0.375. The normalized spacial score (nSPS) is 9.64. The highest BCUT2D eigenvalue weighted by atomic mass is 16.5. The highest BCUT2D eigenvalue weighted by Gasteiger charge is 2.05. The van der Waals surface area contributed by atoms with E-state index >= 15 is 0 Å². The number of hydrogen-bond acceptors (Lipinski definition) is 3. The van der Waals surface area contributed by atoms with E-state index in [1.807, 2.05) is 6.92 Å². The molecule has 0 atom stereocenters. The Morgan fingerprint density at radius 3 is 2.82 bits per heavy atom. The molecule has 0 amide bonds. The predicted molar refractivity (Wildman–Crippen MR) is 40.9 cm³/mol. The first-order valence-electron chi connectivity index (χ1n) is 3.44. The van der Waals surface area contributed by atoms with Gasteiger partial charge in [-0.15, -0.1) is 0 Å². The summed E-state index contributed by atoms with van der Waals surface area (Å²) in [6, 6.07) is 1.35. The Balaban J connectivity index is 3.24. The first-order chi connectivity index (χ1) is 5.29. The molecule has 11 heavy (non-hydrogen) atoms. The Morgan fingerprint density at radius 2 is 2.36 bits per heavy atom. The molecular weight excluding hydrogens is 144 g/mol. The second-order valence-electron chi connectivity index (χ2n) is 2.09. The van der Waals surface area contributed by atoms with Crippen LogP contribution in [0.3, 0.4) is 0 Å². The molecule has 0 N–H and O–H groups in total. The fourth-order valence-corrected chi connectivity index (χ4v) is 0.903. The van der Waals surface area contributed by atoms with E-state index < -0.39 is 0 Å². The van der Waals surface area contributed by atoms with Crippen molar-refractivity contribution in [3.8, 4) is 5.75 Å². The highest BCUT2D eigenvalue weighted by molar-refractivity contribution is 5.23. The largest absolute Gasteiger partial charge is 0.490 e. The molecule has 0 saturated carbocycles. The van der Waals surface area contributed by atoms with Crippen LogP contribution in [0.15, 0.2) is 21.5 Å². The predicted octanol–water partition coefficient (Wildman–Crippen LogP) is 1.21. The van der Waals surface area contributed by atoms with Crippen LogP contribution < -0.4 is 10.2 Å². The van der Waals surface area contributed by atoms with Crippen LogP contribution in [-0.2, 0) is 6.42 Å². The molecule has 0 aromatic carbocycles. The molecule has 0 aliphatic carbocycles. The quantitative estimate of drug-likeness (QED) is 0.642. The van der Waals surface area contributed by atoms with E-state index in [2.05, 4.69) is 0 Å². The van der Waals surface area contributed by atoms with Gasteiger partial charge in [-0.05, 0) is 0 Å². The average molecular weight is 154 g/mol. The van der Waals surface area contributed by atoms with E-state index in [0.717, 1.165) is 0 Å². The van der Waals surface area contributed by atoms with Crippen LogP contribution >= 0.6 is 0 Å². The van der Waals surface area contributed by atoms with Crippen LogP contribution in [0.1, 0.15) is 12.7 Å². The van der Waals surface area contributed by atoms with Crippen molar-refractivity contribution in [2.75, 3.05) is 7.11 Å². The zero-order valence-electron chi connectivity index (χ0n) is 6.59. The van der Waals surface area contributed by atoms with Crippen LogP contribution in [0.5, 0.6) is 5.75 Å². The lowest BCUT2D eigenvalue weighted by atomic mass is 10.3. The SMILES string of the molecule is CCc1occc(=O)c1OC. The summed E-state index contributed by atoms with van der Waals surface area (Å²) in [5.74, 6) is 0.912. The van der Waals surface area contributed by atoms with Gasteiger partial charge in [0.05, 0.1) is 13.4 Å². The molecule has 0 radical (unpaired) electrons. The Kier molecular flexibility index (Phi) is 2.31. The van der Waals surface area contributed by atoms with Gasteiger partial charge in [-0.1, -0.05) is 6.92 Å². The van der Waals surface area contributed by atoms with Crippen LogP contribution in [0.4, 0.5) is 0 Å².